The monoisotopic (exact) mass is 255 g/mol. The Balaban J connectivity index is 1.79. The molecule has 94 valence electrons. The summed E-state index contributed by atoms with van der Waals surface area (Å²) in [4.78, 5) is 17.6. The molecule has 1 aromatic rings. The Labute approximate surface area is 104 Å². The first-order valence-corrected chi connectivity index (χ1v) is 6.54. The van der Waals surface area contributed by atoms with Crippen LogP contribution in [0.4, 0.5) is 5.13 Å². The summed E-state index contributed by atoms with van der Waals surface area (Å²) < 4.78 is 0. The second kappa shape index (κ2) is 5.01. The predicted octanol–water partition coefficient (Wildman–Crippen LogP) is 0.497. The maximum Gasteiger partial charge on any atom is 0.228 e. The molecule has 1 aliphatic carbocycles. The highest BCUT2D eigenvalue weighted by Crippen LogP contribution is 2.27. The average molecular weight is 255 g/mol. The molecule has 5 nitrogen and oxygen atoms in total. The number of aliphatic hydroxyl groups excluding tert-OH is 1. The average Bonchev–Trinajstić information content (AvgIpc) is 2.61. The van der Waals surface area contributed by atoms with Gasteiger partial charge in [0.25, 0.3) is 0 Å². The van der Waals surface area contributed by atoms with Crippen molar-refractivity contribution < 1.29 is 9.90 Å². The number of aliphatic hydroxyl groups is 1. The van der Waals surface area contributed by atoms with E-state index >= 15 is 0 Å². The zero-order chi connectivity index (χ0) is 12.4. The van der Waals surface area contributed by atoms with E-state index in [-0.39, 0.29) is 12.0 Å². The third-order valence-electron chi connectivity index (χ3n) is 3.07. The van der Waals surface area contributed by atoms with E-state index in [1.165, 1.54) is 11.3 Å². The summed E-state index contributed by atoms with van der Waals surface area (Å²) in [6.45, 7) is 0.718. The van der Waals surface area contributed by atoms with Crippen molar-refractivity contribution in [2.24, 2.45) is 5.92 Å². The molecule has 0 atom stereocenters. The lowest BCUT2D eigenvalue weighted by atomic mass is 9.82. The summed E-state index contributed by atoms with van der Waals surface area (Å²) in [5.41, 5.74) is 6.25. The SMILES string of the molecule is CN(CC1CC(O)C1)C(=O)Cc1csc(N)n1. The third-order valence-corrected chi connectivity index (χ3v) is 3.79. The second-order valence-electron chi connectivity index (χ2n) is 4.62. The van der Waals surface area contributed by atoms with Crippen LogP contribution in [-0.2, 0) is 11.2 Å². The Kier molecular flexibility index (Phi) is 3.63. The highest BCUT2D eigenvalue weighted by molar-refractivity contribution is 7.13. The largest absolute Gasteiger partial charge is 0.393 e. The Morgan fingerprint density at radius 3 is 2.94 bits per heavy atom. The molecule has 17 heavy (non-hydrogen) atoms. The molecule has 2 rings (SSSR count). The lowest BCUT2D eigenvalue weighted by molar-refractivity contribution is -0.130. The zero-order valence-corrected chi connectivity index (χ0v) is 10.6. The van der Waals surface area contributed by atoms with Gasteiger partial charge in [0, 0.05) is 19.0 Å². The van der Waals surface area contributed by atoms with Gasteiger partial charge in [0.1, 0.15) is 0 Å². The standard InChI is InChI=1S/C11H17N3O2S/c1-14(5-7-2-9(15)3-7)10(16)4-8-6-17-11(12)13-8/h6-7,9,15H,2-5H2,1H3,(H2,12,13). The van der Waals surface area contributed by atoms with Gasteiger partial charge in [-0.2, -0.15) is 0 Å². The van der Waals surface area contributed by atoms with Crippen LogP contribution in [-0.4, -0.2) is 40.6 Å². The molecule has 0 aliphatic heterocycles. The summed E-state index contributed by atoms with van der Waals surface area (Å²) in [5.74, 6) is 0.496. The van der Waals surface area contributed by atoms with Crippen molar-refractivity contribution in [2.75, 3.05) is 19.3 Å². The minimum absolute atomic E-state index is 0.0525. The van der Waals surface area contributed by atoms with Gasteiger partial charge in [0.2, 0.25) is 5.91 Å². The molecule has 1 aliphatic rings. The van der Waals surface area contributed by atoms with Crippen LogP contribution in [0.25, 0.3) is 0 Å². The Hall–Kier alpha value is -1.14. The van der Waals surface area contributed by atoms with Crippen molar-refractivity contribution in [1.29, 1.82) is 0 Å². The molecular formula is C11H17N3O2S. The molecule has 1 amide bonds. The molecule has 0 unspecified atom stereocenters. The first-order chi connectivity index (χ1) is 8.04. The Bertz CT molecular complexity index is 401. The fraction of sp³-hybridized carbons (Fsp3) is 0.636. The van der Waals surface area contributed by atoms with Crippen LogP contribution in [0, 0.1) is 5.92 Å². The maximum absolute atomic E-state index is 11.9. The van der Waals surface area contributed by atoms with E-state index in [0.29, 0.717) is 17.5 Å². The molecule has 3 N–H and O–H groups in total. The van der Waals surface area contributed by atoms with Gasteiger partial charge in [0.15, 0.2) is 5.13 Å². The quantitative estimate of drug-likeness (QED) is 0.821. The van der Waals surface area contributed by atoms with Crippen LogP contribution in [0.3, 0.4) is 0 Å². The molecule has 1 heterocycles. The van der Waals surface area contributed by atoms with Crippen LogP contribution >= 0.6 is 11.3 Å². The smallest absolute Gasteiger partial charge is 0.228 e. The lowest BCUT2D eigenvalue weighted by Crippen LogP contribution is -2.40. The molecule has 1 aromatic heterocycles. The molecule has 0 aromatic carbocycles. The molecule has 1 saturated carbocycles. The van der Waals surface area contributed by atoms with E-state index in [4.69, 9.17) is 5.73 Å². The molecule has 0 spiro atoms. The van der Waals surface area contributed by atoms with Crippen molar-refractivity contribution in [3.05, 3.63) is 11.1 Å². The van der Waals surface area contributed by atoms with E-state index in [1.807, 2.05) is 5.38 Å². The highest BCUT2D eigenvalue weighted by Gasteiger charge is 2.29. The summed E-state index contributed by atoms with van der Waals surface area (Å²) in [6, 6.07) is 0. The van der Waals surface area contributed by atoms with E-state index < -0.39 is 0 Å². The van der Waals surface area contributed by atoms with Crippen molar-refractivity contribution in [2.45, 2.75) is 25.4 Å². The third kappa shape index (κ3) is 3.17. The van der Waals surface area contributed by atoms with Gasteiger partial charge in [-0.15, -0.1) is 11.3 Å². The first kappa shape index (κ1) is 12.3. The van der Waals surface area contributed by atoms with Gasteiger partial charge in [-0.3, -0.25) is 4.79 Å². The number of likely N-dealkylation sites (N-methyl/N-ethyl adjacent to an activating group) is 1. The van der Waals surface area contributed by atoms with Crippen molar-refractivity contribution in [1.82, 2.24) is 9.88 Å². The predicted molar refractivity (Wildman–Crippen MR) is 66.6 cm³/mol. The number of aromatic nitrogens is 1. The van der Waals surface area contributed by atoms with Crippen LogP contribution in [0.5, 0.6) is 0 Å². The zero-order valence-electron chi connectivity index (χ0n) is 9.80. The van der Waals surface area contributed by atoms with Crippen molar-refractivity contribution >= 4 is 22.4 Å². The van der Waals surface area contributed by atoms with Crippen molar-refractivity contribution in [3.8, 4) is 0 Å². The maximum atomic E-state index is 11.9. The van der Waals surface area contributed by atoms with Crippen LogP contribution in [0.1, 0.15) is 18.5 Å². The molecule has 0 saturated heterocycles. The lowest BCUT2D eigenvalue weighted by Gasteiger charge is -2.34. The van der Waals surface area contributed by atoms with E-state index in [9.17, 15) is 9.90 Å². The van der Waals surface area contributed by atoms with Gasteiger partial charge >= 0.3 is 0 Å². The van der Waals surface area contributed by atoms with Crippen LogP contribution in [0.15, 0.2) is 5.38 Å². The molecule has 1 fully saturated rings. The fourth-order valence-corrected chi connectivity index (χ4v) is 2.60. The van der Waals surface area contributed by atoms with E-state index in [1.54, 1.807) is 11.9 Å². The van der Waals surface area contributed by atoms with Gasteiger partial charge in [-0.25, -0.2) is 4.98 Å². The number of carbonyl (C=O) groups excluding carboxylic acids is 1. The number of amides is 1. The number of hydrogen-bond acceptors (Lipinski definition) is 5. The fourth-order valence-electron chi connectivity index (χ4n) is 2.03. The van der Waals surface area contributed by atoms with Gasteiger partial charge in [0.05, 0.1) is 18.2 Å². The summed E-state index contributed by atoms with van der Waals surface area (Å²) in [7, 11) is 1.79. The van der Waals surface area contributed by atoms with E-state index in [2.05, 4.69) is 4.98 Å². The number of anilines is 1. The number of rotatable bonds is 4. The summed E-state index contributed by atoms with van der Waals surface area (Å²) >= 11 is 1.35. The second-order valence-corrected chi connectivity index (χ2v) is 5.51. The molecule has 0 bridgehead atoms. The van der Waals surface area contributed by atoms with E-state index in [0.717, 1.165) is 25.1 Å². The molecule has 0 radical (unpaired) electrons. The van der Waals surface area contributed by atoms with Gasteiger partial charge in [-0.1, -0.05) is 0 Å². The van der Waals surface area contributed by atoms with Crippen LogP contribution in [0.2, 0.25) is 0 Å². The summed E-state index contributed by atoms with van der Waals surface area (Å²) in [5, 5.41) is 11.5. The minimum atomic E-state index is -0.165. The minimum Gasteiger partial charge on any atom is -0.393 e. The Morgan fingerprint density at radius 1 is 1.71 bits per heavy atom. The van der Waals surface area contributed by atoms with Crippen LogP contribution < -0.4 is 5.73 Å². The summed E-state index contributed by atoms with van der Waals surface area (Å²) in [6.07, 6.45) is 1.75. The number of nitrogens with two attached hydrogens (primary N) is 1. The van der Waals surface area contributed by atoms with Gasteiger partial charge in [-0.05, 0) is 18.8 Å². The number of nitrogens with zero attached hydrogens (tertiary/aromatic N) is 2. The van der Waals surface area contributed by atoms with Crippen molar-refractivity contribution in [3.63, 3.8) is 0 Å². The highest BCUT2D eigenvalue weighted by atomic mass is 32.1. The molecular weight excluding hydrogens is 238 g/mol. The number of hydrogen-bond donors (Lipinski definition) is 2. The Morgan fingerprint density at radius 2 is 2.41 bits per heavy atom. The first-order valence-electron chi connectivity index (χ1n) is 5.66. The molecule has 6 heteroatoms. The number of nitrogen functional groups attached to an aromatic ring is 1. The normalized spacial score (nSPS) is 23.2. The van der Waals surface area contributed by atoms with Gasteiger partial charge < -0.3 is 15.7 Å². The topological polar surface area (TPSA) is 79.5 Å². The number of carbonyl (C=O) groups is 1. The number of thiazole rings is 1.